The lowest BCUT2D eigenvalue weighted by Gasteiger charge is -2.49. The average Bonchev–Trinajstić information content (AvgIpc) is 3.77. The molecule has 240 valence electrons. The molecule has 0 radical (unpaired) electrons. The minimum Gasteiger partial charge on any atom is -0.341 e. The monoisotopic (exact) mass is 613 g/mol. The van der Waals surface area contributed by atoms with E-state index in [9.17, 15) is 14.0 Å². The highest BCUT2D eigenvalue weighted by molar-refractivity contribution is 5.99. The van der Waals surface area contributed by atoms with Crippen LogP contribution in [0.5, 0.6) is 0 Å². The van der Waals surface area contributed by atoms with Crippen LogP contribution in [0.2, 0.25) is 0 Å². The minimum absolute atomic E-state index is 0.0191. The molecule has 7 nitrogen and oxygen atoms in total. The molecule has 3 aliphatic heterocycles. The molecular formula is C37H48FN5O2. The highest BCUT2D eigenvalue weighted by Crippen LogP contribution is 2.45. The molecule has 3 saturated heterocycles. The Morgan fingerprint density at radius 1 is 1.02 bits per heavy atom. The van der Waals surface area contributed by atoms with E-state index >= 15 is 0 Å². The third kappa shape index (κ3) is 5.79. The minimum atomic E-state index is -0.430. The highest BCUT2D eigenvalue weighted by atomic mass is 19.1. The van der Waals surface area contributed by atoms with Gasteiger partial charge in [0, 0.05) is 49.0 Å². The van der Waals surface area contributed by atoms with E-state index in [4.69, 9.17) is 0 Å². The van der Waals surface area contributed by atoms with Crippen molar-refractivity contribution in [2.24, 2.45) is 17.8 Å². The van der Waals surface area contributed by atoms with E-state index in [1.54, 1.807) is 11.0 Å². The maximum Gasteiger partial charge on any atom is 0.256 e. The van der Waals surface area contributed by atoms with Gasteiger partial charge in [-0.05, 0) is 120 Å². The highest BCUT2D eigenvalue weighted by Gasteiger charge is 2.46. The van der Waals surface area contributed by atoms with Crippen LogP contribution in [0, 0.1) is 23.6 Å². The number of carbonyl (C=O) groups is 2. The fourth-order valence-corrected chi connectivity index (χ4v) is 8.83. The van der Waals surface area contributed by atoms with Crippen LogP contribution in [-0.4, -0.2) is 68.4 Å². The predicted octanol–water partition coefficient (Wildman–Crippen LogP) is 6.69. The standard InChI is InChI=1S/C37H48FN5O2/c1-22(2)43(23(3)4)36(44)30-19-28(38)8-10-33(30)42-21-31(29-11-14-39-20-34(29)42)25-12-15-41(16-13-25)37(45)35-26-7-9-32(40-35)27(18-26)17-24-5-6-24/h8,10-11,14,19-27,32,35,40H,5-7,9,12-13,15-18H2,1-4H3/t26-,27+,32+,35+/m1/s1. The second-order valence-corrected chi connectivity index (χ2v) is 14.8. The molecule has 5 aliphatic rings. The van der Waals surface area contributed by atoms with E-state index in [-0.39, 0.29) is 30.0 Å². The Labute approximate surface area is 266 Å². The van der Waals surface area contributed by atoms with Gasteiger partial charge in [0.15, 0.2) is 0 Å². The Morgan fingerprint density at radius 3 is 2.44 bits per heavy atom. The van der Waals surface area contributed by atoms with Crippen molar-refractivity contribution in [3.63, 3.8) is 0 Å². The largest absolute Gasteiger partial charge is 0.341 e. The van der Waals surface area contributed by atoms with Gasteiger partial charge < -0.3 is 19.7 Å². The van der Waals surface area contributed by atoms with Gasteiger partial charge in [-0.2, -0.15) is 0 Å². The number of nitrogens with zero attached hydrogens (tertiary/aromatic N) is 4. The summed E-state index contributed by atoms with van der Waals surface area (Å²) in [6.07, 6.45) is 15.3. The molecule has 5 fully saturated rings. The molecule has 45 heavy (non-hydrogen) atoms. The molecule has 3 aromatic rings. The van der Waals surface area contributed by atoms with E-state index in [0.717, 1.165) is 48.7 Å². The number of pyridine rings is 1. The number of hydrogen-bond donors (Lipinski definition) is 1. The van der Waals surface area contributed by atoms with Gasteiger partial charge in [-0.25, -0.2) is 4.39 Å². The number of carbonyl (C=O) groups excluding carboxylic acids is 2. The van der Waals surface area contributed by atoms with Crippen LogP contribution < -0.4 is 5.32 Å². The van der Waals surface area contributed by atoms with Crippen LogP contribution in [0.15, 0.2) is 42.9 Å². The lowest BCUT2D eigenvalue weighted by molar-refractivity contribution is -0.139. The van der Waals surface area contributed by atoms with E-state index < -0.39 is 5.82 Å². The molecule has 1 N–H and O–H groups in total. The number of fused-ring (bicyclic) bond motifs is 4. The zero-order chi connectivity index (χ0) is 31.4. The van der Waals surface area contributed by atoms with Crippen LogP contribution in [0.1, 0.15) is 101 Å². The van der Waals surface area contributed by atoms with Crippen molar-refractivity contribution < 1.29 is 14.0 Å². The molecule has 5 heterocycles. The Kier molecular flexibility index (Phi) is 8.21. The summed E-state index contributed by atoms with van der Waals surface area (Å²) in [6.45, 7) is 9.45. The van der Waals surface area contributed by atoms with Gasteiger partial charge >= 0.3 is 0 Å². The predicted molar refractivity (Wildman–Crippen MR) is 175 cm³/mol. The Hall–Kier alpha value is -3.26. The van der Waals surface area contributed by atoms with Gasteiger partial charge in [0.05, 0.1) is 29.0 Å². The second kappa shape index (κ2) is 12.2. The fourth-order valence-electron chi connectivity index (χ4n) is 8.83. The maximum absolute atomic E-state index is 14.6. The number of aromatic nitrogens is 2. The number of nitrogens with one attached hydrogen (secondary N) is 1. The van der Waals surface area contributed by atoms with Crippen LogP contribution >= 0.6 is 0 Å². The molecule has 2 saturated carbocycles. The Morgan fingerprint density at radius 2 is 1.78 bits per heavy atom. The number of piperidine rings is 3. The number of rotatable bonds is 8. The molecule has 2 amide bonds. The van der Waals surface area contributed by atoms with E-state index in [1.807, 2.05) is 50.7 Å². The first-order valence-electron chi connectivity index (χ1n) is 17.3. The lowest BCUT2D eigenvalue weighted by Crippen LogP contribution is -2.62. The normalized spacial score (nSPS) is 25.4. The van der Waals surface area contributed by atoms with E-state index in [0.29, 0.717) is 29.1 Å². The summed E-state index contributed by atoms with van der Waals surface area (Å²) in [5, 5.41) is 4.90. The van der Waals surface area contributed by atoms with Crippen molar-refractivity contribution in [3.05, 3.63) is 59.8 Å². The van der Waals surface area contributed by atoms with Crippen molar-refractivity contribution in [1.82, 2.24) is 24.7 Å². The topological polar surface area (TPSA) is 70.5 Å². The molecule has 2 aromatic heterocycles. The van der Waals surface area contributed by atoms with Crippen LogP contribution in [-0.2, 0) is 4.79 Å². The van der Waals surface area contributed by atoms with Gasteiger partial charge in [-0.1, -0.05) is 12.8 Å². The number of amides is 2. The number of halogens is 1. The quantitative estimate of drug-likeness (QED) is 0.308. The summed E-state index contributed by atoms with van der Waals surface area (Å²) in [4.78, 5) is 36.0. The summed E-state index contributed by atoms with van der Waals surface area (Å²) < 4.78 is 16.6. The number of likely N-dealkylation sites (tertiary alicyclic amines) is 1. The van der Waals surface area contributed by atoms with E-state index in [2.05, 4.69) is 21.4 Å². The molecule has 2 aliphatic carbocycles. The molecule has 8 heteroatoms. The summed E-state index contributed by atoms with van der Waals surface area (Å²) in [6, 6.07) is 6.98. The molecule has 8 rings (SSSR count). The summed E-state index contributed by atoms with van der Waals surface area (Å²) in [5.74, 6) is 2.14. The second-order valence-electron chi connectivity index (χ2n) is 14.8. The van der Waals surface area contributed by atoms with Crippen LogP contribution in [0.25, 0.3) is 16.6 Å². The summed E-state index contributed by atoms with van der Waals surface area (Å²) in [5.41, 5.74) is 3.10. The third-order valence-corrected chi connectivity index (χ3v) is 11.2. The number of benzene rings is 1. The molecule has 2 bridgehead atoms. The molecular weight excluding hydrogens is 565 g/mol. The number of hydrogen-bond acceptors (Lipinski definition) is 4. The zero-order valence-corrected chi connectivity index (χ0v) is 27.2. The molecule has 4 atom stereocenters. The fraction of sp³-hybridized carbons (Fsp3) is 0.595. The average molecular weight is 614 g/mol. The van der Waals surface area contributed by atoms with Crippen molar-refractivity contribution in [2.45, 2.75) is 109 Å². The first-order valence-corrected chi connectivity index (χ1v) is 17.3. The van der Waals surface area contributed by atoms with Gasteiger partial charge in [-0.3, -0.25) is 14.6 Å². The van der Waals surface area contributed by atoms with Crippen LogP contribution in [0.3, 0.4) is 0 Å². The SMILES string of the molecule is CC(C)N(C(=O)c1cc(F)ccc1-n1cc(C2CCN(C(=O)[C@H]3N[C@H]4CC[C@@H]3C[C@@H]4CC3CC3)CC2)c2ccncc21)C(C)C. The van der Waals surface area contributed by atoms with Gasteiger partial charge in [0.25, 0.3) is 5.91 Å². The molecule has 0 spiro atoms. The molecule has 0 unspecified atom stereocenters. The lowest BCUT2D eigenvalue weighted by atomic mass is 9.68. The van der Waals surface area contributed by atoms with Crippen molar-refractivity contribution in [1.29, 1.82) is 0 Å². The third-order valence-electron chi connectivity index (χ3n) is 11.2. The van der Waals surface area contributed by atoms with Gasteiger partial charge in [0.2, 0.25) is 5.91 Å². The van der Waals surface area contributed by atoms with Crippen molar-refractivity contribution in [2.75, 3.05) is 13.1 Å². The van der Waals surface area contributed by atoms with Crippen LogP contribution in [0.4, 0.5) is 4.39 Å². The van der Waals surface area contributed by atoms with Gasteiger partial charge in [-0.15, -0.1) is 0 Å². The Bertz CT molecular complexity index is 1560. The van der Waals surface area contributed by atoms with Gasteiger partial charge in [0.1, 0.15) is 5.82 Å². The molecule has 1 aromatic carbocycles. The summed E-state index contributed by atoms with van der Waals surface area (Å²) >= 11 is 0. The Balaban J connectivity index is 1.11. The summed E-state index contributed by atoms with van der Waals surface area (Å²) in [7, 11) is 0. The zero-order valence-electron chi connectivity index (χ0n) is 27.2. The first-order chi connectivity index (χ1) is 21.7. The van der Waals surface area contributed by atoms with Crippen molar-refractivity contribution in [3.8, 4) is 5.69 Å². The first kappa shape index (κ1) is 30.4. The maximum atomic E-state index is 14.6. The van der Waals surface area contributed by atoms with Crippen molar-refractivity contribution >= 4 is 22.7 Å². The smallest absolute Gasteiger partial charge is 0.256 e. The van der Waals surface area contributed by atoms with E-state index in [1.165, 1.54) is 56.2 Å².